The summed E-state index contributed by atoms with van der Waals surface area (Å²) in [6.07, 6.45) is 3.37. The molecule has 3 heterocycles. The lowest BCUT2D eigenvalue weighted by Gasteiger charge is -2.25. The van der Waals surface area contributed by atoms with Crippen molar-refractivity contribution in [2.75, 3.05) is 26.2 Å². The smallest absolute Gasteiger partial charge is 0.257 e. The number of hydrogen-bond donors (Lipinski definition) is 0. The molecule has 1 amide bonds. The molecule has 1 aromatic rings. The Hall–Kier alpha value is -0.910. The predicted octanol–water partition coefficient (Wildman–Crippen LogP) is 2.09. The molecule has 2 saturated heterocycles. The van der Waals surface area contributed by atoms with Crippen LogP contribution in [0.1, 0.15) is 29.6 Å². The van der Waals surface area contributed by atoms with Crippen LogP contribution in [0.3, 0.4) is 0 Å². The molecule has 2 aliphatic heterocycles. The van der Waals surface area contributed by atoms with Crippen molar-refractivity contribution in [3.05, 3.63) is 21.9 Å². The summed E-state index contributed by atoms with van der Waals surface area (Å²) in [5.41, 5.74) is 0.345. The normalized spacial score (nSPS) is 23.5. The van der Waals surface area contributed by atoms with E-state index in [2.05, 4.69) is 15.1 Å². The first kappa shape index (κ1) is 14.0. The van der Waals surface area contributed by atoms with Crippen LogP contribution in [0.5, 0.6) is 0 Å². The lowest BCUT2D eigenvalue weighted by molar-refractivity contribution is 0.0743. The number of nitrogens with zero attached hydrogens (tertiary/aromatic N) is 4. The van der Waals surface area contributed by atoms with Crippen molar-refractivity contribution in [3.8, 4) is 0 Å². The number of aromatic nitrogens is 2. The Morgan fingerprint density at radius 1 is 1.20 bits per heavy atom. The van der Waals surface area contributed by atoms with Crippen molar-refractivity contribution in [3.63, 3.8) is 0 Å². The Morgan fingerprint density at radius 2 is 2.00 bits per heavy atom. The van der Waals surface area contributed by atoms with Crippen molar-refractivity contribution in [2.24, 2.45) is 0 Å². The van der Waals surface area contributed by atoms with E-state index in [1.54, 1.807) is 0 Å². The highest BCUT2D eigenvalue weighted by molar-refractivity contribution is 6.34. The van der Waals surface area contributed by atoms with Gasteiger partial charge in [0.2, 0.25) is 0 Å². The van der Waals surface area contributed by atoms with E-state index >= 15 is 0 Å². The van der Waals surface area contributed by atoms with Gasteiger partial charge in [0.15, 0.2) is 10.3 Å². The first-order chi connectivity index (χ1) is 9.65. The number of carbonyl (C=O) groups excluding carboxylic acids is 1. The van der Waals surface area contributed by atoms with Gasteiger partial charge in [-0.05, 0) is 31.9 Å². The fourth-order valence-electron chi connectivity index (χ4n) is 3.06. The maximum absolute atomic E-state index is 12.6. The van der Waals surface area contributed by atoms with E-state index in [1.165, 1.54) is 12.5 Å². The van der Waals surface area contributed by atoms with Crippen LogP contribution in [0.2, 0.25) is 10.3 Å². The number of rotatable bonds is 1. The van der Waals surface area contributed by atoms with Crippen LogP contribution in [-0.2, 0) is 0 Å². The molecule has 0 saturated carbocycles. The maximum Gasteiger partial charge on any atom is 0.257 e. The third-order valence-electron chi connectivity index (χ3n) is 4.04. The Labute approximate surface area is 127 Å². The SMILES string of the molecule is O=C(c1cc(Cl)nnc1Cl)N1CCCN2CCCC2C1. The van der Waals surface area contributed by atoms with Gasteiger partial charge in [-0.1, -0.05) is 23.2 Å². The summed E-state index contributed by atoms with van der Waals surface area (Å²) in [4.78, 5) is 17.0. The van der Waals surface area contributed by atoms with E-state index in [4.69, 9.17) is 23.2 Å². The van der Waals surface area contributed by atoms with Crippen molar-refractivity contribution < 1.29 is 4.79 Å². The van der Waals surface area contributed by atoms with Crippen LogP contribution < -0.4 is 0 Å². The molecule has 2 fully saturated rings. The Balaban J connectivity index is 1.80. The number of amides is 1. The number of halogens is 2. The topological polar surface area (TPSA) is 49.3 Å². The lowest BCUT2D eigenvalue weighted by atomic mass is 10.2. The van der Waals surface area contributed by atoms with E-state index in [1.807, 2.05) is 4.90 Å². The van der Waals surface area contributed by atoms with Gasteiger partial charge in [-0.2, -0.15) is 0 Å². The van der Waals surface area contributed by atoms with Crippen LogP contribution in [0.15, 0.2) is 6.07 Å². The Morgan fingerprint density at radius 3 is 2.85 bits per heavy atom. The van der Waals surface area contributed by atoms with Gasteiger partial charge in [0, 0.05) is 25.7 Å². The predicted molar refractivity (Wildman–Crippen MR) is 77.2 cm³/mol. The molecule has 0 spiro atoms. The van der Waals surface area contributed by atoms with Crippen LogP contribution in [0.25, 0.3) is 0 Å². The number of carbonyl (C=O) groups is 1. The van der Waals surface area contributed by atoms with E-state index in [0.29, 0.717) is 11.6 Å². The molecule has 20 heavy (non-hydrogen) atoms. The second kappa shape index (κ2) is 5.84. The monoisotopic (exact) mass is 314 g/mol. The van der Waals surface area contributed by atoms with E-state index in [-0.39, 0.29) is 16.2 Å². The van der Waals surface area contributed by atoms with Gasteiger partial charge in [-0.25, -0.2) is 0 Å². The summed E-state index contributed by atoms with van der Waals surface area (Å²) in [6, 6.07) is 1.97. The van der Waals surface area contributed by atoms with E-state index in [0.717, 1.165) is 39.0 Å². The third kappa shape index (κ3) is 2.75. The summed E-state index contributed by atoms with van der Waals surface area (Å²) in [7, 11) is 0. The molecule has 7 heteroatoms. The van der Waals surface area contributed by atoms with Crippen LogP contribution in [0, 0.1) is 0 Å². The summed E-state index contributed by atoms with van der Waals surface area (Å²) in [6.45, 7) is 3.73. The first-order valence-corrected chi connectivity index (χ1v) is 7.63. The molecule has 1 aromatic heterocycles. The Bertz CT molecular complexity index is 525. The molecule has 1 atom stereocenters. The van der Waals surface area contributed by atoms with Gasteiger partial charge in [0.05, 0.1) is 5.56 Å². The molecule has 0 bridgehead atoms. The van der Waals surface area contributed by atoms with Gasteiger partial charge < -0.3 is 4.90 Å². The average Bonchev–Trinajstić information content (AvgIpc) is 2.78. The maximum atomic E-state index is 12.6. The lowest BCUT2D eigenvalue weighted by Crippen LogP contribution is -2.39. The van der Waals surface area contributed by atoms with E-state index in [9.17, 15) is 4.79 Å². The van der Waals surface area contributed by atoms with E-state index < -0.39 is 0 Å². The van der Waals surface area contributed by atoms with Gasteiger partial charge >= 0.3 is 0 Å². The van der Waals surface area contributed by atoms with Gasteiger partial charge in [0.1, 0.15) is 0 Å². The highest BCUT2D eigenvalue weighted by Gasteiger charge is 2.31. The first-order valence-electron chi connectivity index (χ1n) is 6.87. The Kier molecular flexibility index (Phi) is 4.10. The number of fused-ring (bicyclic) bond motifs is 1. The molecule has 0 aliphatic carbocycles. The van der Waals surface area contributed by atoms with Crippen molar-refractivity contribution in [1.82, 2.24) is 20.0 Å². The molecular weight excluding hydrogens is 299 g/mol. The third-order valence-corrected chi connectivity index (χ3v) is 4.50. The summed E-state index contributed by atoms with van der Waals surface area (Å²) < 4.78 is 0. The van der Waals surface area contributed by atoms with Crippen LogP contribution in [0.4, 0.5) is 0 Å². The fourth-order valence-corrected chi connectivity index (χ4v) is 3.38. The minimum Gasteiger partial charge on any atom is -0.337 e. The van der Waals surface area contributed by atoms with Crippen molar-refractivity contribution >= 4 is 29.1 Å². The van der Waals surface area contributed by atoms with Gasteiger partial charge in [0.25, 0.3) is 5.91 Å². The molecular formula is C13H16Cl2N4O. The molecule has 0 radical (unpaired) electrons. The summed E-state index contributed by atoms with van der Waals surface area (Å²) in [5, 5.41) is 7.66. The second-order valence-corrected chi connectivity index (χ2v) is 6.05. The molecule has 108 valence electrons. The fraction of sp³-hybridized carbons (Fsp3) is 0.615. The molecule has 2 aliphatic rings. The van der Waals surface area contributed by atoms with Crippen LogP contribution >= 0.6 is 23.2 Å². The average molecular weight is 315 g/mol. The molecule has 0 aromatic carbocycles. The zero-order chi connectivity index (χ0) is 14.1. The second-order valence-electron chi connectivity index (χ2n) is 5.31. The van der Waals surface area contributed by atoms with Crippen LogP contribution in [-0.4, -0.2) is 58.1 Å². The highest BCUT2D eigenvalue weighted by atomic mass is 35.5. The summed E-state index contributed by atoms with van der Waals surface area (Å²) >= 11 is 11.8. The quantitative estimate of drug-likeness (QED) is 0.796. The highest BCUT2D eigenvalue weighted by Crippen LogP contribution is 2.24. The van der Waals surface area contributed by atoms with Crippen molar-refractivity contribution in [1.29, 1.82) is 0 Å². The minimum atomic E-state index is -0.0967. The molecule has 5 nitrogen and oxygen atoms in total. The standard InChI is InChI=1S/C13H16Cl2N4O/c14-11-7-10(12(15)17-16-11)13(20)19-6-2-5-18-4-1-3-9(18)8-19/h7,9H,1-6,8H2. The molecule has 3 rings (SSSR count). The van der Waals surface area contributed by atoms with Crippen molar-refractivity contribution in [2.45, 2.75) is 25.3 Å². The molecule has 1 unspecified atom stereocenters. The van der Waals surface area contributed by atoms with Gasteiger partial charge in [-0.15, -0.1) is 10.2 Å². The zero-order valence-electron chi connectivity index (χ0n) is 11.1. The molecule has 0 N–H and O–H groups in total. The van der Waals surface area contributed by atoms with Gasteiger partial charge in [-0.3, -0.25) is 9.69 Å². The summed E-state index contributed by atoms with van der Waals surface area (Å²) in [5.74, 6) is -0.0967. The largest absolute Gasteiger partial charge is 0.337 e. The minimum absolute atomic E-state index is 0.0967. The number of hydrogen-bond acceptors (Lipinski definition) is 4. The zero-order valence-corrected chi connectivity index (χ0v) is 12.6.